The number of carbonyl (C=O) groups excluding carboxylic acids is 2. The smallest absolute Gasteiger partial charge is 0.315 e. The van der Waals surface area contributed by atoms with Gasteiger partial charge in [-0.3, -0.25) is 4.79 Å². The fourth-order valence-corrected chi connectivity index (χ4v) is 2.31. The number of aryl methyl sites for hydroxylation is 1. The van der Waals surface area contributed by atoms with Crippen LogP contribution in [0.15, 0.2) is 18.3 Å². The third-order valence-corrected chi connectivity index (χ3v) is 3.35. The van der Waals surface area contributed by atoms with E-state index in [9.17, 15) is 9.59 Å². The predicted octanol–water partition coefficient (Wildman–Crippen LogP) is 2.20. The first kappa shape index (κ1) is 13.5. The highest BCUT2D eigenvalue weighted by atomic mass is 16.2. The largest absolute Gasteiger partial charge is 0.333 e. The molecule has 3 amide bonds. The van der Waals surface area contributed by atoms with Gasteiger partial charge in [0.05, 0.1) is 0 Å². The van der Waals surface area contributed by atoms with Crippen molar-refractivity contribution < 1.29 is 9.59 Å². The van der Waals surface area contributed by atoms with Crippen molar-refractivity contribution in [2.45, 2.75) is 33.2 Å². The molecular weight excluding hydrogens is 242 g/mol. The summed E-state index contributed by atoms with van der Waals surface area (Å²) in [6, 6.07) is 2.96. The molecule has 1 aromatic rings. The number of urea groups is 1. The van der Waals surface area contributed by atoms with Gasteiger partial charge in [-0.05, 0) is 30.9 Å². The zero-order valence-electron chi connectivity index (χ0n) is 11.8. The fraction of sp³-hybridized carbons (Fsp3) is 0.500. The minimum atomic E-state index is -0.381. The number of nitrogens with zero attached hydrogens (tertiary/aromatic N) is 3. The van der Waals surface area contributed by atoms with Crippen LogP contribution in [0.25, 0.3) is 0 Å². The average molecular weight is 261 g/mol. The number of pyridine rings is 1. The van der Waals surface area contributed by atoms with Crippen LogP contribution in [0.2, 0.25) is 0 Å². The maximum Gasteiger partial charge on any atom is 0.333 e. The first-order chi connectivity index (χ1) is 8.93. The van der Waals surface area contributed by atoms with Crippen molar-refractivity contribution in [3.05, 3.63) is 23.9 Å². The van der Waals surface area contributed by atoms with E-state index in [1.54, 1.807) is 19.3 Å². The summed E-state index contributed by atoms with van der Waals surface area (Å²) in [6.07, 6.45) is 2.27. The summed E-state index contributed by atoms with van der Waals surface area (Å²) >= 11 is 0. The Morgan fingerprint density at radius 1 is 1.37 bits per heavy atom. The van der Waals surface area contributed by atoms with Crippen molar-refractivity contribution in [3.8, 4) is 0 Å². The monoisotopic (exact) mass is 261 g/mol. The summed E-state index contributed by atoms with van der Waals surface area (Å²) in [5.74, 6) is 0.618. The molecule has 1 fully saturated rings. The zero-order chi connectivity index (χ0) is 14.2. The van der Waals surface area contributed by atoms with Crippen molar-refractivity contribution in [1.29, 1.82) is 0 Å². The molecule has 0 bridgehead atoms. The Hall–Kier alpha value is -1.91. The van der Waals surface area contributed by atoms with Gasteiger partial charge in [-0.25, -0.2) is 14.7 Å². The first-order valence-corrected chi connectivity index (χ1v) is 6.46. The number of carbonyl (C=O) groups is 2. The van der Waals surface area contributed by atoms with Crippen molar-refractivity contribution in [1.82, 2.24) is 9.88 Å². The molecule has 5 heteroatoms. The van der Waals surface area contributed by atoms with Crippen molar-refractivity contribution in [2.24, 2.45) is 5.92 Å². The molecule has 0 aliphatic carbocycles. The van der Waals surface area contributed by atoms with Gasteiger partial charge in [0.2, 0.25) is 0 Å². The molecule has 0 unspecified atom stereocenters. The lowest BCUT2D eigenvalue weighted by Crippen LogP contribution is -2.33. The van der Waals surface area contributed by atoms with E-state index in [0.29, 0.717) is 18.2 Å². The number of imide groups is 1. The van der Waals surface area contributed by atoms with E-state index in [4.69, 9.17) is 0 Å². The van der Waals surface area contributed by atoms with Crippen LogP contribution in [0.1, 0.15) is 25.8 Å². The van der Waals surface area contributed by atoms with E-state index in [0.717, 1.165) is 5.56 Å². The van der Waals surface area contributed by atoms with Crippen LogP contribution in [0.4, 0.5) is 10.6 Å². The molecule has 2 heterocycles. The molecule has 0 spiro atoms. The average Bonchev–Trinajstić information content (AvgIpc) is 2.55. The number of amides is 3. The summed E-state index contributed by atoms with van der Waals surface area (Å²) in [4.78, 5) is 31.6. The molecule has 102 valence electrons. The summed E-state index contributed by atoms with van der Waals surface area (Å²) in [6.45, 7) is 5.93. The number of hydrogen-bond acceptors (Lipinski definition) is 3. The Morgan fingerprint density at radius 2 is 2.05 bits per heavy atom. The lowest BCUT2D eigenvalue weighted by Gasteiger charge is -2.17. The van der Waals surface area contributed by atoms with E-state index >= 15 is 0 Å². The number of hydrogen-bond donors (Lipinski definition) is 0. The molecular formula is C14H19N3O2. The molecule has 0 radical (unpaired) electrons. The minimum Gasteiger partial charge on any atom is -0.315 e. The SMILES string of the molecule is Cc1cccnc1N1C(=O)[C@H](CC(C)C)N(C)C1=O. The lowest BCUT2D eigenvalue weighted by molar-refractivity contribution is -0.119. The lowest BCUT2D eigenvalue weighted by atomic mass is 10.0. The van der Waals surface area contributed by atoms with Gasteiger partial charge in [0.25, 0.3) is 5.91 Å². The van der Waals surface area contributed by atoms with Crippen LogP contribution in [0.3, 0.4) is 0 Å². The normalized spacial score (nSPS) is 19.7. The van der Waals surface area contributed by atoms with Crippen molar-refractivity contribution in [3.63, 3.8) is 0 Å². The van der Waals surface area contributed by atoms with Gasteiger partial charge in [-0.15, -0.1) is 0 Å². The molecule has 1 aliphatic rings. The molecule has 19 heavy (non-hydrogen) atoms. The van der Waals surface area contributed by atoms with Gasteiger partial charge in [0.15, 0.2) is 0 Å². The quantitative estimate of drug-likeness (QED) is 0.784. The molecule has 1 aliphatic heterocycles. The maximum absolute atomic E-state index is 12.4. The number of aromatic nitrogens is 1. The molecule has 2 rings (SSSR count). The number of likely N-dealkylation sites (N-methyl/N-ethyl adjacent to an activating group) is 1. The maximum atomic E-state index is 12.4. The third-order valence-electron chi connectivity index (χ3n) is 3.35. The van der Waals surface area contributed by atoms with Crippen LogP contribution >= 0.6 is 0 Å². The summed E-state index contributed by atoms with van der Waals surface area (Å²) in [7, 11) is 1.67. The highest BCUT2D eigenvalue weighted by Gasteiger charge is 2.44. The van der Waals surface area contributed by atoms with Gasteiger partial charge in [-0.1, -0.05) is 19.9 Å². The molecule has 0 aromatic carbocycles. The van der Waals surface area contributed by atoms with Gasteiger partial charge in [0.1, 0.15) is 11.9 Å². The van der Waals surface area contributed by atoms with Gasteiger partial charge in [-0.2, -0.15) is 0 Å². The Morgan fingerprint density at radius 3 is 2.63 bits per heavy atom. The van der Waals surface area contributed by atoms with Crippen LogP contribution in [0, 0.1) is 12.8 Å². The first-order valence-electron chi connectivity index (χ1n) is 6.46. The number of anilines is 1. The van der Waals surface area contributed by atoms with Gasteiger partial charge >= 0.3 is 6.03 Å². The topological polar surface area (TPSA) is 53.5 Å². The Bertz CT molecular complexity index is 513. The van der Waals surface area contributed by atoms with Crippen LogP contribution in [-0.4, -0.2) is 34.9 Å². The molecule has 0 saturated carbocycles. The standard InChI is InChI=1S/C14H19N3O2/c1-9(2)8-11-13(18)17(14(19)16(11)4)12-10(3)6-5-7-15-12/h5-7,9,11H,8H2,1-4H3/t11-/m0/s1. The van der Waals surface area contributed by atoms with E-state index in [2.05, 4.69) is 4.98 Å². The third kappa shape index (κ3) is 2.32. The summed E-state index contributed by atoms with van der Waals surface area (Å²) in [5.41, 5.74) is 0.822. The Labute approximate surface area is 113 Å². The van der Waals surface area contributed by atoms with E-state index in [-0.39, 0.29) is 18.0 Å². The molecule has 1 atom stereocenters. The van der Waals surface area contributed by atoms with E-state index in [1.807, 2.05) is 26.8 Å². The summed E-state index contributed by atoms with van der Waals surface area (Å²) in [5, 5.41) is 0. The van der Waals surface area contributed by atoms with Crippen molar-refractivity contribution in [2.75, 3.05) is 11.9 Å². The second-order valence-electron chi connectivity index (χ2n) is 5.36. The second-order valence-corrected chi connectivity index (χ2v) is 5.36. The highest BCUT2D eigenvalue weighted by Crippen LogP contribution is 2.27. The van der Waals surface area contributed by atoms with Crippen molar-refractivity contribution >= 4 is 17.8 Å². The minimum absolute atomic E-state index is 0.178. The zero-order valence-corrected chi connectivity index (χ0v) is 11.8. The predicted molar refractivity (Wildman–Crippen MR) is 72.9 cm³/mol. The van der Waals surface area contributed by atoms with Gasteiger partial charge < -0.3 is 4.90 Å². The molecule has 0 N–H and O–H groups in total. The van der Waals surface area contributed by atoms with Crippen LogP contribution in [0.5, 0.6) is 0 Å². The fourth-order valence-electron chi connectivity index (χ4n) is 2.31. The second kappa shape index (κ2) is 4.99. The van der Waals surface area contributed by atoms with E-state index < -0.39 is 0 Å². The van der Waals surface area contributed by atoms with Gasteiger partial charge in [0, 0.05) is 13.2 Å². The Balaban J connectivity index is 2.35. The van der Waals surface area contributed by atoms with Crippen LogP contribution in [-0.2, 0) is 4.79 Å². The molecule has 5 nitrogen and oxygen atoms in total. The summed E-state index contributed by atoms with van der Waals surface area (Å²) < 4.78 is 0. The molecule has 1 aromatic heterocycles. The Kier molecular flexibility index (Phi) is 3.55. The van der Waals surface area contributed by atoms with Crippen LogP contribution < -0.4 is 4.90 Å². The highest BCUT2D eigenvalue weighted by molar-refractivity contribution is 6.21. The van der Waals surface area contributed by atoms with E-state index in [1.165, 1.54) is 9.80 Å². The molecule has 1 saturated heterocycles. The number of rotatable bonds is 3.